The van der Waals surface area contributed by atoms with Crippen molar-refractivity contribution >= 4 is 17.0 Å². The van der Waals surface area contributed by atoms with E-state index in [1.807, 2.05) is 24.3 Å². The fourth-order valence-electron chi connectivity index (χ4n) is 2.23. The molecule has 0 atom stereocenters. The Morgan fingerprint density at radius 2 is 2.00 bits per heavy atom. The van der Waals surface area contributed by atoms with Crippen molar-refractivity contribution in [3.8, 4) is 0 Å². The van der Waals surface area contributed by atoms with Gasteiger partial charge in [-0.05, 0) is 37.3 Å². The summed E-state index contributed by atoms with van der Waals surface area (Å²) in [5.41, 5.74) is 0.991. The first-order valence-corrected chi connectivity index (χ1v) is 6.99. The number of unbranched alkanes of at least 4 members (excludes halogenated alkanes) is 1. The first kappa shape index (κ1) is 14.3. The van der Waals surface area contributed by atoms with Crippen LogP contribution in [0.25, 0.3) is 10.9 Å². The van der Waals surface area contributed by atoms with Gasteiger partial charge in [-0.2, -0.15) is 0 Å². The Kier molecular flexibility index (Phi) is 4.56. The van der Waals surface area contributed by atoms with Crippen LogP contribution in [0.2, 0.25) is 0 Å². The summed E-state index contributed by atoms with van der Waals surface area (Å²) < 4.78 is 6.14. The largest absolute Gasteiger partial charge is 0.449 e. The van der Waals surface area contributed by atoms with Crippen LogP contribution < -0.4 is 5.56 Å². The van der Waals surface area contributed by atoms with Crippen LogP contribution in [0.3, 0.4) is 0 Å². The van der Waals surface area contributed by atoms with Crippen LogP contribution >= 0.6 is 0 Å². The monoisotopic (exact) mass is 273 g/mol. The van der Waals surface area contributed by atoms with Crippen molar-refractivity contribution in [1.82, 2.24) is 4.57 Å². The van der Waals surface area contributed by atoms with Gasteiger partial charge in [0.2, 0.25) is 0 Å². The van der Waals surface area contributed by atoms with Crippen molar-refractivity contribution < 1.29 is 9.53 Å². The average Bonchev–Trinajstić information content (AvgIpc) is 2.45. The van der Waals surface area contributed by atoms with E-state index in [4.69, 9.17) is 4.74 Å². The smallest absolute Gasteiger partial charge is 0.421 e. The molecule has 0 bridgehead atoms. The number of benzene rings is 1. The normalized spacial score (nSPS) is 10.7. The average molecular weight is 273 g/mol. The van der Waals surface area contributed by atoms with E-state index in [0.29, 0.717) is 17.5 Å². The molecule has 0 aliphatic rings. The Morgan fingerprint density at radius 1 is 1.25 bits per heavy atom. The van der Waals surface area contributed by atoms with Crippen LogP contribution in [0.5, 0.6) is 0 Å². The molecule has 1 aromatic heterocycles. The van der Waals surface area contributed by atoms with Crippen molar-refractivity contribution in [2.45, 2.75) is 33.1 Å². The second-order valence-corrected chi connectivity index (χ2v) is 4.67. The molecule has 0 fully saturated rings. The predicted molar refractivity (Wildman–Crippen MR) is 79.2 cm³/mol. The number of aryl methyl sites for hydroxylation is 1. The van der Waals surface area contributed by atoms with Gasteiger partial charge in [-0.3, -0.25) is 4.79 Å². The number of nitrogens with zero attached hydrogens (tertiary/aromatic N) is 1. The van der Waals surface area contributed by atoms with E-state index in [2.05, 4.69) is 6.92 Å². The Morgan fingerprint density at radius 3 is 2.70 bits per heavy atom. The van der Waals surface area contributed by atoms with Gasteiger partial charge in [0.25, 0.3) is 5.56 Å². The molecule has 0 radical (unpaired) electrons. The van der Waals surface area contributed by atoms with E-state index in [0.717, 1.165) is 22.8 Å². The summed E-state index contributed by atoms with van der Waals surface area (Å²) in [6, 6.07) is 9.25. The lowest BCUT2D eigenvalue weighted by Gasteiger charge is -2.11. The maximum absolute atomic E-state index is 12.5. The van der Waals surface area contributed by atoms with Crippen molar-refractivity contribution in [3.05, 3.63) is 46.2 Å². The predicted octanol–water partition coefficient (Wildman–Crippen LogP) is 3.35. The first-order valence-electron chi connectivity index (χ1n) is 6.99. The maximum Gasteiger partial charge on any atom is 0.421 e. The van der Waals surface area contributed by atoms with E-state index in [-0.39, 0.29) is 12.2 Å². The van der Waals surface area contributed by atoms with E-state index >= 15 is 0 Å². The molecule has 0 spiro atoms. The van der Waals surface area contributed by atoms with Crippen LogP contribution in [-0.4, -0.2) is 17.3 Å². The van der Waals surface area contributed by atoms with Gasteiger partial charge in [-0.25, -0.2) is 9.36 Å². The summed E-state index contributed by atoms with van der Waals surface area (Å²) in [5, 5.41) is 0.881. The van der Waals surface area contributed by atoms with Gasteiger partial charge >= 0.3 is 6.09 Å². The van der Waals surface area contributed by atoms with Crippen LogP contribution in [0, 0.1) is 0 Å². The Hall–Kier alpha value is -2.10. The highest BCUT2D eigenvalue weighted by Crippen LogP contribution is 2.15. The number of para-hydroxylation sites is 1. The summed E-state index contributed by atoms with van der Waals surface area (Å²) in [7, 11) is 0. The Labute approximate surface area is 118 Å². The molecule has 0 aliphatic heterocycles. The van der Waals surface area contributed by atoms with Gasteiger partial charge in [-0.15, -0.1) is 0 Å². The third-order valence-electron chi connectivity index (χ3n) is 3.24. The highest BCUT2D eigenvalue weighted by atomic mass is 16.5. The molecular formula is C16H19NO3. The number of fused-ring (bicyclic) bond motifs is 1. The molecule has 1 aromatic carbocycles. The molecule has 106 valence electrons. The van der Waals surface area contributed by atoms with Gasteiger partial charge in [0.05, 0.1) is 12.1 Å². The lowest BCUT2D eigenvalue weighted by molar-refractivity contribution is 0.154. The molecule has 2 rings (SSSR count). The van der Waals surface area contributed by atoms with Crippen molar-refractivity contribution in [1.29, 1.82) is 0 Å². The topological polar surface area (TPSA) is 48.3 Å². The number of pyridine rings is 1. The standard InChI is InChI=1S/C16H19NO3/c1-3-5-8-13-11-12-9-6-7-10-14(12)17(15(13)18)16(19)20-4-2/h6-7,9-11H,3-5,8H2,1-2H3. The lowest BCUT2D eigenvalue weighted by atomic mass is 10.1. The minimum absolute atomic E-state index is 0.249. The van der Waals surface area contributed by atoms with E-state index in [1.165, 1.54) is 0 Å². The quantitative estimate of drug-likeness (QED) is 0.858. The summed E-state index contributed by atoms with van der Waals surface area (Å²) in [4.78, 5) is 24.5. The molecule has 20 heavy (non-hydrogen) atoms. The highest BCUT2D eigenvalue weighted by molar-refractivity contribution is 5.88. The zero-order valence-electron chi connectivity index (χ0n) is 11.9. The summed E-state index contributed by atoms with van der Waals surface area (Å²) >= 11 is 0. The number of rotatable bonds is 4. The first-order chi connectivity index (χ1) is 9.69. The number of carbonyl (C=O) groups is 1. The molecule has 1 heterocycles. The van der Waals surface area contributed by atoms with Gasteiger partial charge in [0, 0.05) is 5.56 Å². The maximum atomic E-state index is 12.5. The minimum Gasteiger partial charge on any atom is -0.449 e. The fourth-order valence-corrected chi connectivity index (χ4v) is 2.23. The lowest BCUT2D eigenvalue weighted by Crippen LogP contribution is -2.30. The van der Waals surface area contributed by atoms with Crippen LogP contribution in [-0.2, 0) is 11.2 Å². The molecular weight excluding hydrogens is 254 g/mol. The Balaban J connectivity index is 2.64. The van der Waals surface area contributed by atoms with E-state index < -0.39 is 6.09 Å². The third-order valence-corrected chi connectivity index (χ3v) is 3.24. The summed E-state index contributed by atoms with van der Waals surface area (Å²) in [6.07, 6.45) is 2.01. The number of carbonyl (C=O) groups excluding carboxylic acids is 1. The molecule has 0 saturated heterocycles. The molecule has 0 unspecified atom stereocenters. The minimum atomic E-state index is -0.605. The van der Waals surface area contributed by atoms with Crippen molar-refractivity contribution in [2.24, 2.45) is 0 Å². The zero-order valence-corrected chi connectivity index (χ0v) is 11.9. The molecule has 2 aromatic rings. The van der Waals surface area contributed by atoms with Gasteiger partial charge in [-0.1, -0.05) is 31.5 Å². The van der Waals surface area contributed by atoms with Crippen LogP contribution in [0.4, 0.5) is 4.79 Å². The molecule has 0 N–H and O–H groups in total. The fraction of sp³-hybridized carbons (Fsp3) is 0.375. The van der Waals surface area contributed by atoms with E-state index in [1.54, 1.807) is 13.0 Å². The highest BCUT2D eigenvalue weighted by Gasteiger charge is 2.15. The summed E-state index contributed by atoms with van der Waals surface area (Å²) in [5.74, 6) is 0. The molecule has 0 aliphatic carbocycles. The number of aromatic nitrogens is 1. The zero-order chi connectivity index (χ0) is 14.5. The van der Waals surface area contributed by atoms with Gasteiger partial charge < -0.3 is 4.74 Å². The molecule has 0 amide bonds. The molecule has 4 nitrogen and oxygen atoms in total. The SMILES string of the molecule is CCCCc1cc2ccccc2n(C(=O)OCC)c1=O. The third kappa shape index (κ3) is 2.74. The summed E-state index contributed by atoms with van der Waals surface area (Å²) in [6.45, 7) is 4.05. The molecule has 0 saturated carbocycles. The number of ether oxygens (including phenoxy) is 1. The van der Waals surface area contributed by atoms with Crippen molar-refractivity contribution in [3.63, 3.8) is 0 Å². The van der Waals surface area contributed by atoms with Crippen LogP contribution in [0.1, 0.15) is 32.3 Å². The van der Waals surface area contributed by atoms with E-state index in [9.17, 15) is 9.59 Å². The second kappa shape index (κ2) is 6.37. The second-order valence-electron chi connectivity index (χ2n) is 4.67. The molecule has 4 heteroatoms. The van der Waals surface area contributed by atoms with Gasteiger partial charge in [0.1, 0.15) is 0 Å². The number of hydrogen-bond acceptors (Lipinski definition) is 3. The van der Waals surface area contributed by atoms with Crippen molar-refractivity contribution in [2.75, 3.05) is 6.61 Å². The van der Waals surface area contributed by atoms with Gasteiger partial charge in [0.15, 0.2) is 0 Å². The van der Waals surface area contributed by atoms with Crippen LogP contribution in [0.15, 0.2) is 35.1 Å². The number of hydrogen-bond donors (Lipinski definition) is 0. The Bertz CT molecular complexity index is 673.